The summed E-state index contributed by atoms with van der Waals surface area (Å²) in [7, 11) is 5.40. The van der Waals surface area contributed by atoms with Gasteiger partial charge in [0.05, 0.1) is 40.3 Å². The number of aliphatic carboxylic acids is 1. The molecule has 0 radical (unpaired) electrons. The molecule has 8 nitrogen and oxygen atoms in total. The Kier molecular flexibility index (Phi) is 47.9. The van der Waals surface area contributed by atoms with Gasteiger partial charge in [-0.2, -0.15) is 0 Å². The van der Waals surface area contributed by atoms with E-state index in [4.69, 9.17) is 14.2 Å². The number of likely N-dealkylation sites (N-methyl/N-ethyl adjacent to an activating group) is 1. The maximum absolute atomic E-state index is 12.8. The molecule has 69 heavy (non-hydrogen) atoms. The van der Waals surface area contributed by atoms with Crippen LogP contribution in [0.25, 0.3) is 0 Å². The van der Waals surface area contributed by atoms with E-state index in [9.17, 15) is 19.5 Å². The summed E-state index contributed by atoms with van der Waals surface area (Å²) in [5, 5.41) is 11.7. The fourth-order valence-corrected chi connectivity index (χ4v) is 7.69. The second-order valence-corrected chi connectivity index (χ2v) is 19.4. The van der Waals surface area contributed by atoms with Crippen LogP contribution in [0.3, 0.4) is 0 Å². The third-order valence-electron chi connectivity index (χ3n) is 12.0. The number of esters is 2. The number of ether oxygens (including phenoxy) is 3. The predicted molar refractivity (Wildman–Crippen MR) is 291 cm³/mol. The summed E-state index contributed by atoms with van der Waals surface area (Å²) in [6.45, 7) is 4.52. The number of hydrogen-bond donors (Lipinski definition) is 0. The summed E-state index contributed by atoms with van der Waals surface area (Å²) in [4.78, 5) is 37.1. The normalized spacial score (nSPS) is 13.6. The number of allylic oxidation sites excluding steroid dienone is 16. The molecule has 0 fully saturated rings. The van der Waals surface area contributed by atoms with E-state index in [1.165, 1.54) is 83.5 Å². The third kappa shape index (κ3) is 49.0. The average Bonchev–Trinajstić information content (AvgIpc) is 3.31. The molecule has 0 amide bonds. The predicted octanol–water partition coefficient (Wildman–Crippen LogP) is 15.3. The highest BCUT2D eigenvalue weighted by molar-refractivity contribution is 5.70. The van der Waals surface area contributed by atoms with E-state index in [-0.39, 0.29) is 49.1 Å². The molecular formula is C61H103NO7. The topological polar surface area (TPSA) is 102 Å². The van der Waals surface area contributed by atoms with Crippen molar-refractivity contribution in [1.29, 1.82) is 0 Å². The van der Waals surface area contributed by atoms with Gasteiger partial charge in [0.2, 0.25) is 0 Å². The first kappa shape index (κ1) is 65.2. The molecule has 0 aliphatic carbocycles. The number of rotatable bonds is 49. The molecule has 0 bridgehead atoms. The van der Waals surface area contributed by atoms with Gasteiger partial charge in [-0.3, -0.25) is 9.59 Å². The van der Waals surface area contributed by atoms with Gasteiger partial charge in [0.15, 0.2) is 6.10 Å². The van der Waals surface area contributed by atoms with E-state index < -0.39 is 18.1 Å². The van der Waals surface area contributed by atoms with Crippen molar-refractivity contribution < 1.29 is 38.2 Å². The Hall–Kier alpha value is -3.75. The molecule has 0 aliphatic rings. The number of carbonyl (C=O) groups excluding carboxylic acids is 3. The molecule has 0 saturated heterocycles. The summed E-state index contributed by atoms with van der Waals surface area (Å²) < 4.78 is 17.2. The van der Waals surface area contributed by atoms with Gasteiger partial charge in [-0.25, -0.2) is 0 Å². The van der Waals surface area contributed by atoms with Crippen molar-refractivity contribution in [1.82, 2.24) is 0 Å². The maximum atomic E-state index is 12.8. The Bertz CT molecular complexity index is 1450. The van der Waals surface area contributed by atoms with Gasteiger partial charge in [-0.05, 0) is 96.3 Å². The third-order valence-corrected chi connectivity index (χ3v) is 12.0. The van der Waals surface area contributed by atoms with Crippen molar-refractivity contribution in [2.75, 3.05) is 41.0 Å². The molecule has 8 heteroatoms. The van der Waals surface area contributed by atoms with Crippen LogP contribution in [0.4, 0.5) is 0 Å². The molecule has 2 atom stereocenters. The van der Waals surface area contributed by atoms with Crippen molar-refractivity contribution in [3.63, 3.8) is 0 Å². The lowest BCUT2D eigenvalue weighted by Gasteiger charge is -2.34. The maximum Gasteiger partial charge on any atom is 0.306 e. The zero-order valence-electron chi connectivity index (χ0n) is 44.9. The summed E-state index contributed by atoms with van der Waals surface area (Å²) in [6.07, 6.45) is 68.7. The van der Waals surface area contributed by atoms with Gasteiger partial charge < -0.3 is 28.6 Å². The van der Waals surface area contributed by atoms with Crippen LogP contribution >= 0.6 is 0 Å². The fraction of sp³-hybridized carbons (Fsp3) is 0.689. The number of nitrogens with zero attached hydrogens (tertiary/aromatic N) is 1. The Labute approximate surface area is 424 Å². The van der Waals surface area contributed by atoms with E-state index in [1.54, 1.807) is 21.1 Å². The molecule has 0 spiro atoms. The molecule has 0 rings (SSSR count). The van der Waals surface area contributed by atoms with Gasteiger partial charge in [0.1, 0.15) is 12.6 Å². The monoisotopic (exact) mass is 962 g/mol. The Morgan fingerprint density at radius 3 is 1.20 bits per heavy atom. The number of carbonyl (C=O) groups is 3. The highest BCUT2D eigenvalue weighted by Gasteiger charge is 2.25. The number of carboxylic acids is 1. The zero-order valence-corrected chi connectivity index (χ0v) is 44.9. The Morgan fingerprint density at radius 1 is 0.449 bits per heavy atom. The molecule has 0 aliphatic heterocycles. The lowest BCUT2D eigenvalue weighted by molar-refractivity contribution is -0.889. The van der Waals surface area contributed by atoms with Crippen molar-refractivity contribution >= 4 is 17.9 Å². The number of unbranched alkanes of at least 4 members (excludes halogenated alkanes) is 19. The Balaban J connectivity index is 4.30. The number of quaternary nitrogens is 1. The van der Waals surface area contributed by atoms with E-state index in [0.29, 0.717) is 6.42 Å². The Morgan fingerprint density at radius 2 is 0.812 bits per heavy atom. The number of carboxylic acid groups (broad SMARTS) is 1. The van der Waals surface area contributed by atoms with Crippen molar-refractivity contribution in [2.45, 2.75) is 231 Å². The van der Waals surface area contributed by atoms with Crippen LogP contribution in [0.1, 0.15) is 219 Å². The fourth-order valence-electron chi connectivity index (χ4n) is 7.69. The zero-order chi connectivity index (χ0) is 50.6. The molecule has 0 saturated carbocycles. The minimum absolute atomic E-state index is 0.0220. The molecule has 0 aromatic heterocycles. The second-order valence-electron chi connectivity index (χ2n) is 19.4. The van der Waals surface area contributed by atoms with Gasteiger partial charge in [-0.15, -0.1) is 0 Å². The van der Waals surface area contributed by atoms with Crippen LogP contribution in [0.5, 0.6) is 0 Å². The van der Waals surface area contributed by atoms with Crippen LogP contribution in [0, 0.1) is 0 Å². The summed E-state index contributed by atoms with van der Waals surface area (Å²) in [5.41, 5.74) is 0. The second kappa shape index (κ2) is 50.6. The first-order valence-corrected chi connectivity index (χ1v) is 27.8. The highest BCUT2D eigenvalue weighted by atomic mass is 16.6. The molecule has 2 unspecified atom stereocenters. The largest absolute Gasteiger partial charge is 0.544 e. The standard InChI is InChI=1S/C61H103NO7/c1-6-8-10-12-14-16-18-20-22-24-26-28-30-32-34-36-38-40-42-44-46-48-50-52-60(64)69-57(55-67-54-53-58(61(65)66)62(3,4)5)56-68-59(63)51-49-47-45-43-41-39-37-35-33-31-29-27-25-23-21-19-17-15-13-11-9-7-2/h8,10,14,16,20,22,25-28,31-34,38,40,57-58H,6-7,9,11-13,15,17-19,21,23-24,29-30,35-37,39,41-56H2,1-5H3/b10-8+,16-14+,22-20+,27-25+,28-26+,33-31+,34-32+,40-38+. The van der Waals surface area contributed by atoms with Crippen molar-refractivity contribution in [2.24, 2.45) is 0 Å². The van der Waals surface area contributed by atoms with E-state index in [1.807, 2.05) is 0 Å². The van der Waals surface area contributed by atoms with Crippen LogP contribution < -0.4 is 5.11 Å². The van der Waals surface area contributed by atoms with E-state index in [0.717, 1.165) is 103 Å². The van der Waals surface area contributed by atoms with Gasteiger partial charge in [-0.1, -0.05) is 201 Å². The summed E-state index contributed by atoms with van der Waals surface area (Å²) in [5.74, 6) is -1.78. The van der Waals surface area contributed by atoms with Crippen molar-refractivity contribution in [3.8, 4) is 0 Å². The molecular weight excluding hydrogens is 859 g/mol. The van der Waals surface area contributed by atoms with Crippen LogP contribution in [0.2, 0.25) is 0 Å². The van der Waals surface area contributed by atoms with Gasteiger partial charge >= 0.3 is 11.9 Å². The molecule has 0 N–H and O–H groups in total. The number of hydrogen-bond acceptors (Lipinski definition) is 7. The lowest BCUT2D eigenvalue weighted by atomic mass is 10.1. The quantitative estimate of drug-likeness (QED) is 0.0259. The van der Waals surface area contributed by atoms with E-state index in [2.05, 4.69) is 111 Å². The van der Waals surface area contributed by atoms with Gasteiger partial charge in [0, 0.05) is 19.3 Å². The van der Waals surface area contributed by atoms with Crippen molar-refractivity contribution in [3.05, 3.63) is 97.2 Å². The van der Waals surface area contributed by atoms with Gasteiger partial charge in [0.25, 0.3) is 0 Å². The molecule has 0 aromatic carbocycles. The van der Waals surface area contributed by atoms with Crippen LogP contribution in [-0.2, 0) is 28.6 Å². The summed E-state index contributed by atoms with van der Waals surface area (Å²) >= 11 is 0. The smallest absolute Gasteiger partial charge is 0.306 e. The SMILES string of the molecule is CC/C=C/C/C=C/C/C=C/C/C=C/C/C=C/C/C=C/CCCCCCC(=O)OC(COCCC(C(=O)[O-])[N+](C)(C)C)COC(=O)CCCCCCCCC/C=C/C/C=C/CCCCCCCCCC. The first-order chi connectivity index (χ1) is 33.6. The molecule has 0 aromatic rings. The van der Waals surface area contributed by atoms with E-state index >= 15 is 0 Å². The minimum Gasteiger partial charge on any atom is -0.544 e. The molecule has 0 heterocycles. The lowest BCUT2D eigenvalue weighted by Crippen LogP contribution is -2.55. The highest BCUT2D eigenvalue weighted by Crippen LogP contribution is 2.14. The summed E-state index contributed by atoms with van der Waals surface area (Å²) in [6, 6.07) is -0.739. The molecule has 394 valence electrons. The first-order valence-electron chi connectivity index (χ1n) is 27.8. The van der Waals surface area contributed by atoms with Crippen LogP contribution in [0.15, 0.2) is 97.2 Å². The van der Waals surface area contributed by atoms with Crippen LogP contribution in [-0.4, -0.2) is 75.5 Å². The minimum atomic E-state index is -1.13. The average molecular weight is 962 g/mol.